The molecule has 0 amide bonds. The van der Waals surface area contributed by atoms with Crippen molar-refractivity contribution in [1.82, 2.24) is 4.90 Å². The van der Waals surface area contributed by atoms with E-state index in [0.717, 1.165) is 34.5 Å². The third-order valence-corrected chi connectivity index (χ3v) is 4.28. The number of rotatable bonds is 6. The molecule has 0 aliphatic heterocycles. The Hall–Kier alpha value is -2.62. The fourth-order valence-electron chi connectivity index (χ4n) is 2.40. The maximum atomic E-state index is 12.5. The van der Waals surface area contributed by atoms with Gasteiger partial charge in [-0.15, -0.1) is 0 Å². The van der Waals surface area contributed by atoms with Gasteiger partial charge in [0.15, 0.2) is 0 Å². The Balaban J connectivity index is 2.13. The minimum Gasteiger partial charge on any atom is -0.457 e. The van der Waals surface area contributed by atoms with Crippen molar-refractivity contribution in [3.05, 3.63) is 64.2 Å². The summed E-state index contributed by atoms with van der Waals surface area (Å²) >= 11 is 0. The Kier molecular flexibility index (Phi) is 6.34. The van der Waals surface area contributed by atoms with Gasteiger partial charge in [0.05, 0.1) is 17.6 Å². The highest BCUT2D eigenvalue weighted by atomic mass is 16.5. The first kappa shape index (κ1) is 18.7. The molecular formula is C21H26N2O2. The van der Waals surface area contributed by atoms with E-state index in [4.69, 9.17) is 4.74 Å². The van der Waals surface area contributed by atoms with Crippen LogP contribution in [0.2, 0.25) is 0 Å². The van der Waals surface area contributed by atoms with Gasteiger partial charge >= 0.3 is 5.97 Å². The lowest BCUT2D eigenvalue weighted by Gasteiger charge is -2.12. The molecule has 0 aromatic heterocycles. The molecule has 0 atom stereocenters. The van der Waals surface area contributed by atoms with Gasteiger partial charge in [-0.05, 0) is 62.1 Å². The number of hydrogen-bond donors (Lipinski definition) is 0. The Labute approximate surface area is 150 Å². The molecule has 0 saturated heterocycles. The zero-order valence-corrected chi connectivity index (χ0v) is 15.7. The highest BCUT2D eigenvalue weighted by molar-refractivity contribution is 5.92. The first-order valence-electron chi connectivity index (χ1n) is 8.49. The van der Waals surface area contributed by atoms with Crippen LogP contribution in [0.15, 0.2) is 41.4 Å². The maximum absolute atomic E-state index is 12.5. The molecule has 4 heteroatoms. The summed E-state index contributed by atoms with van der Waals surface area (Å²) in [5.41, 5.74) is 5.42. The molecule has 4 nitrogen and oxygen atoms in total. The van der Waals surface area contributed by atoms with Crippen LogP contribution in [0.25, 0.3) is 0 Å². The van der Waals surface area contributed by atoms with Crippen molar-refractivity contribution in [3.63, 3.8) is 0 Å². The lowest BCUT2D eigenvalue weighted by atomic mass is 10.0. The van der Waals surface area contributed by atoms with Crippen molar-refractivity contribution in [2.45, 2.75) is 34.3 Å². The molecule has 0 N–H and O–H groups in total. The first-order valence-corrected chi connectivity index (χ1v) is 8.49. The van der Waals surface area contributed by atoms with Crippen molar-refractivity contribution in [2.75, 3.05) is 13.6 Å². The molecule has 0 heterocycles. The average molecular weight is 338 g/mol. The molecular weight excluding hydrogens is 312 g/mol. The minimum atomic E-state index is -0.301. The third-order valence-electron chi connectivity index (χ3n) is 4.28. The summed E-state index contributed by atoms with van der Waals surface area (Å²) in [5, 5.41) is 0. The summed E-state index contributed by atoms with van der Waals surface area (Å²) in [7, 11) is 1.98. The van der Waals surface area contributed by atoms with Crippen molar-refractivity contribution >= 4 is 18.0 Å². The van der Waals surface area contributed by atoms with Crippen LogP contribution in [0.1, 0.15) is 39.5 Å². The number of aliphatic imine (C=N–C) groups is 1. The number of carbonyl (C=O) groups excluding carboxylic acids is 1. The van der Waals surface area contributed by atoms with E-state index in [-0.39, 0.29) is 12.6 Å². The largest absolute Gasteiger partial charge is 0.457 e. The highest BCUT2D eigenvalue weighted by Crippen LogP contribution is 2.24. The van der Waals surface area contributed by atoms with Gasteiger partial charge in [0, 0.05) is 13.6 Å². The number of nitrogens with zero attached hydrogens (tertiary/aromatic N) is 2. The monoisotopic (exact) mass is 338 g/mol. The second-order valence-corrected chi connectivity index (χ2v) is 6.27. The molecule has 25 heavy (non-hydrogen) atoms. The van der Waals surface area contributed by atoms with Gasteiger partial charge in [-0.25, -0.2) is 9.79 Å². The van der Waals surface area contributed by atoms with Crippen LogP contribution < -0.4 is 0 Å². The molecule has 2 aromatic carbocycles. The Morgan fingerprint density at radius 1 is 1.12 bits per heavy atom. The predicted molar refractivity (Wildman–Crippen MR) is 103 cm³/mol. The van der Waals surface area contributed by atoms with Crippen LogP contribution in [-0.2, 0) is 11.3 Å². The Bertz CT molecular complexity index is 781. The standard InChI is InChI=1S/C21H26N2O2/c1-6-23(5)14-22-20-12-16(3)19(11-17(20)4)21(24)25-13-18-10-8-7-9-15(18)2/h7-12,14H,6,13H2,1-5H3/b22-14+. The van der Waals surface area contributed by atoms with Gasteiger partial charge in [0.2, 0.25) is 0 Å². The summed E-state index contributed by atoms with van der Waals surface area (Å²) in [6, 6.07) is 11.7. The van der Waals surface area contributed by atoms with E-state index in [1.807, 2.05) is 69.1 Å². The highest BCUT2D eigenvalue weighted by Gasteiger charge is 2.13. The van der Waals surface area contributed by atoms with Crippen LogP contribution in [-0.4, -0.2) is 30.8 Å². The number of carbonyl (C=O) groups is 1. The second-order valence-electron chi connectivity index (χ2n) is 6.27. The summed E-state index contributed by atoms with van der Waals surface area (Å²) in [4.78, 5) is 18.9. The van der Waals surface area contributed by atoms with E-state index in [1.165, 1.54) is 0 Å². The number of ether oxygens (including phenoxy) is 1. The molecule has 0 aliphatic rings. The van der Waals surface area contributed by atoms with Gasteiger partial charge in [-0.2, -0.15) is 0 Å². The summed E-state index contributed by atoms with van der Waals surface area (Å²) in [6.07, 6.45) is 1.80. The topological polar surface area (TPSA) is 41.9 Å². The molecule has 0 fully saturated rings. The van der Waals surface area contributed by atoms with Gasteiger partial charge in [-0.1, -0.05) is 24.3 Å². The molecule has 0 radical (unpaired) electrons. The van der Waals surface area contributed by atoms with Crippen molar-refractivity contribution in [2.24, 2.45) is 4.99 Å². The molecule has 0 bridgehead atoms. The maximum Gasteiger partial charge on any atom is 0.338 e. The Morgan fingerprint density at radius 2 is 1.84 bits per heavy atom. The van der Waals surface area contributed by atoms with Gasteiger partial charge in [-0.3, -0.25) is 0 Å². The fraction of sp³-hybridized carbons (Fsp3) is 0.333. The number of aryl methyl sites for hydroxylation is 3. The zero-order valence-electron chi connectivity index (χ0n) is 15.7. The van der Waals surface area contributed by atoms with Crippen molar-refractivity contribution in [3.8, 4) is 0 Å². The van der Waals surface area contributed by atoms with Crippen molar-refractivity contribution < 1.29 is 9.53 Å². The van der Waals surface area contributed by atoms with Crippen molar-refractivity contribution in [1.29, 1.82) is 0 Å². The van der Waals surface area contributed by atoms with Crippen LogP contribution in [0, 0.1) is 20.8 Å². The molecule has 2 rings (SSSR count). The summed E-state index contributed by atoms with van der Waals surface area (Å²) in [6.45, 7) is 9.12. The van der Waals surface area contributed by atoms with E-state index in [1.54, 1.807) is 6.34 Å². The number of esters is 1. The molecule has 0 aliphatic carbocycles. The summed E-state index contributed by atoms with van der Waals surface area (Å²) in [5.74, 6) is -0.301. The number of benzene rings is 2. The van der Waals surface area contributed by atoms with Gasteiger partial charge in [0.1, 0.15) is 6.61 Å². The van der Waals surface area contributed by atoms with E-state index in [9.17, 15) is 4.79 Å². The van der Waals surface area contributed by atoms with Crippen LogP contribution >= 0.6 is 0 Å². The van der Waals surface area contributed by atoms with Crippen LogP contribution in [0.5, 0.6) is 0 Å². The molecule has 132 valence electrons. The van der Waals surface area contributed by atoms with Crippen LogP contribution in [0.3, 0.4) is 0 Å². The fourth-order valence-corrected chi connectivity index (χ4v) is 2.40. The van der Waals surface area contributed by atoms with E-state index in [2.05, 4.69) is 11.9 Å². The zero-order chi connectivity index (χ0) is 18.4. The van der Waals surface area contributed by atoms with E-state index >= 15 is 0 Å². The minimum absolute atomic E-state index is 0.283. The normalized spacial score (nSPS) is 10.9. The predicted octanol–water partition coefficient (Wildman–Crippen LogP) is 4.58. The van der Waals surface area contributed by atoms with E-state index in [0.29, 0.717) is 5.56 Å². The molecule has 0 saturated carbocycles. The SMILES string of the molecule is CCN(C)/C=N/c1cc(C)c(C(=O)OCc2ccccc2C)cc1C. The molecule has 0 spiro atoms. The first-order chi connectivity index (χ1) is 11.9. The van der Waals surface area contributed by atoms with Crippen LogP contribution in [0.4, 0.5) is 5.69 Å². The lowest BCUT2D eigenvalue weighted by Crippen LogP contribution is -2.14. The summed E-state index contributed by atoms with van der Waals surface area (Å²) < 4.78 is 5.50. The number of hydrogen-bond acceptors (Lipinski definition) is 3. The lowest BCUT2D eigenvalue weighted by molar-refractivity contribution is 0.0471. The molecule has 2 aromatic rings. The van der Waals surface area contributed by atoms with Gasteiger partial charge < -0.3 is 9.64 Å². The third kappa shape index (κ3) is 4.92. The molecule has 0 unspecified atom stereocenters. The quantitative estimate of drug-likeness (QED) is 0.440. The van der Waals surface area contributed by atoms with E-state index < -0.39 is 0 Å². The average Bonchev–Trinajstić information content (AvgIpc) is 2.60. The van der Waals surface area contributed by atoms with Gasteiger partial charge in [0.25, 0.3) is 0 Å². The second kappa shape index (κ2) is 8.47. The smallest absolute Gasteiger partial charge is 0.338 e. The Morgan fingerprint density at radius 3 is 2.52 bits per heavy atom.